The van der Waals surface area contributed by atoms with Crippen LogP contribution in [0.1, 0.15) is 18.5 Å². The van der Waals surface area contributed by atoms with E-state index >= 15 is 0 Å². The number of rotatable bonds is 3. The topological polar surface area (TPSA) is 85.8 Å². The molecule has 3 aromatic rings. The lowest BCUT2D eigenvalue weighted by molar-refractivity contribution is -0.115. The number of amides is 1. The fourth-order valence-corrected chi connectivity index (χ4v) is 3.85. The van der Waals surface area contributed by atoms with Crippen molar-refractivity contribution in [3.63, 3.8) is 0 Å². The van der Waals surface area contributed by atoms with E-state index in [1.54, 1.807) is 17.7 Å². The first-order valence-corrected chi connectivity index (χ1v) is 9.37. The second-order valence-corrected chi connectivity index (χ2v) is 7.49. The lowest BCUT2D eigenvalue weighted by atomic mass is 9.95. The second-order valence-electron chi connectivity index (χ2n) is 6.17. The Morgan fingerprint density at radius 1 is 1.26 bits per heavy atom. The molecule has 0 saturated carbocycles. The fourth-order valence-electron chi connectivity index (χ4n) is 3.21. The standard InChI is InChI=1S/C19H15BrClN5O/c1-10-15(17(22)27)16(11-5-4-6-12(20)9-11)26-19(23-10)24-18(25-26)13-7-2-3-8-14(13)21/h2-9,16H,1H3,(H2,22,27)(H,23,24,25). The molecule has 1 aliphatic heterocycles. The Morgan fingerprint density at radius 3 is 2.74 bits per heavy atom. The highest BCUT2D eigenvalue weighted by Crippen LogP contribution is 2.37. The molecule has 2 aromatic carbocycles. The molecule has 1 aromatic heterocycles. The number of carbonyl (C=O) groups excluding carboxylic acids is 1. The Balaban J connectivity index is 1.91. The molecular formula is C19H15BrClN5O. The Hall–Kier alpha value is -2.64. The number of benzene rings is 2. The molecule has 27 heavy (non-hydrogen) atoms. The van der Waals surface area contributed by atoms with Gasteiger partial charge in [-0.25, -0.2) is 4.68 Å². The van der Waals surface area contributed by atoms with Crippen molar-refractivity contribution in [2.24, 2.45) is 5.73 Å². The Labute approximate surface area is 169 Å². The third kappa shape index (κ3) is 3.13. The third-order valence-corrected chi connectivity index (χ3v) is 5.22. The van der Waals surface area contributed by atoms with Crippen LogP contribution in [0.3, 0.4) is 0 Å². The number of anilines is 1. The van der Waals surface area contributed by atoms with Gasteiger partial charge in [0, 0.05) is 15.7 Å². The van der Waals surface area contributed by atoms with Crippen LogP contribution in [0.4, 0.5) is 5.95 Å². The second kappa shape index (κ2) is 6.83. The van der Waals surface area contributed by atoms with Gasteiger partial charge in [-0.15, -0.1) is 5.10 Å². The highest BCUT2D eigenvalue weighted by molar-refractivity contribution is 9.10. The Morgan fingerprint density at radius 2 is 2.04 bits per heavy atom. The summed E-state index contributed by atoms with van der Waals surface area (Å²) in [7, 11) is 0. The van der Waals surface area contributed by atoms with Crippen LogP contribution in [0, 0.1) is 0 Å². The summed E-state index contributed by atoms with van der Waals surface area (Å²) in [5.74, 6) is 0.490. The number of nitrogens with one attached hydrogen (secondary N) is 1. The van der Waals surface area contributed by atoms with Gasteiger partial charge in [0.15, 0.2) is 5.82 Å². The molecule has 0 saturated heterocycles. The summed E-state index contributed by atoms with van der Waals surface area (Å²) in [6.07, 6.45) is 0. The zero-order valence-corrected chi connectivity index (χ0v) is 16.6. The van der Waals surface area contributed by atoms with Crippen LogP contribution < -0.4 is 11.1 Å². The van der Waals surface area contributed by atoms with Gasteiger partial charge in [-0.05, 0) is 36.8 Å². The summed E-state index contributed by atoms with van der Waals surface area (Å²) < 4.78 is 2.57. The molecule has 1 atom stereocenters. The van der Waals surface area contributed by atoms with Gasteiger partial charge in [0.25, 0.3) is 0 Å². The smallest absolute Gasteiger partial charge is 0.248 e. The zero-order valence-electron chi connectivity index (χ0n) is 14.3. The number of hydrogen-bond donors (Lipinski definition) is 2. The van der Waals surface area contributed by atoms with E-state index < -0.39 is 11.9 Å². The van der Waals surface area contributed by atoms with Crippen LogP contribution in [0.15, 0.2) is 64.3 Å². The lowest BCUT2D eigenvalue weighted by Crippen LogP contribution is -2.31. The van der Waals surface area contributed by atoms with Crippen LogP contribution in [-0.4, -0.2) is 20.7 Å². The molecule has 1 aliphatic rings. The first-order valence-electron chi connectivity index (χ1n) is 8.20. The maximum atomic E-state index is 12.2. The number of nitrogens with two attached hydrogens (primary N) is 1. The summed E-state index contributed by atoms with van der Waals surface area (Å²) in [6, 6.07) is 14.6. The molecular weight excluding hydrogens is 430 g/mol. The quantitative estimate of drug-likeness (QED) is 0.636. The van der Waals surface area contributed by atoms with Gasteiger partial charge in [-0.3, -0.25) is 4.79 Å². The molecule has 136 valence electrons. The van der Waals surface area contributed by atoms with E-state index in [0.29, 0.717) is 33.6 Å². The molecule has 0 fully saturated rings. The van der Waals surface area contributed by atoms with Crippen molar-refractivity contribution in [2.45, 2.75) is 13.0 Å². The molecule has 6 nitrogen and oxygen atoms in total. The largest absolute Gasteiger partial charge is 0.366 e. The number of halogens is 2. The molecule has 2 heterocycles. The van der Waals surface area contributed by atoms with Crippen molar-refractivity contribution in [2.75, 3.05) is 5.32 Å². The van der Waals surface area contributed by atoms with Gasteiger partial charge in [0.1, 0.15) is 6.04 Å². The van der Waals surface area contributed by atoms with E-state index in [9.17, 15) is 4.79 Å². The summed E-state index contributed by atoms with van der Waals surface area (Å²) in [6.45, 7) is 1.80. The first kappa shape index (κ1) is 17.8. The molecule has 1 unspecified atom stereocenters. The minimum atomic E-state index is -0.509. The van der Waals surface area contributed by atoms with Crippen LogP contribution >= 0.6 is 27.5 Å². The maximum Gasteiger partial charge on any atom is 0.248 e. The van der Waals surface area contributed by atoms with Crippen molar-refractivity contribution >= 4 is 39.4 Å². The van der Waals surface area contributed by atoms with Crippen LogP contribution in [0.5, 0.6) is 0 Å². The molecule has 0 spiro atoms. The van der Waals surface area contributed by atoms with Gasteiger partial charge >= 0.3 is 0 Å². The number of fused-ring (bicyclic) bond motifs is 1. The van der Waals surface area contributed by atoms with E-state index in [1.807, 2.05) is 42.5 Å². The molecule has 0 radical (unpaired) electrons. The zero-order chi connectivity index (χ0) is 19.1. The highest BCUT2D eigenvalue weighted by Gasteiger charge is 2.33. The number of allylic oxidation sites excluding steroid dienone is 1. The Kier molecular flexibility index (Phi) is 4.49. The van der Waals surface area contributed by atoms with Crippen molar-refractivity contribution in [3.05, 3.63) is 74.9 Å². The fraction of sp³-hybridized carbons (Fsp3) is 0.105. The number of nitrogens with zero attached hydrogens (tertiary/aromatic N) is 3. The highest BCUT2D eigenvalue weighted by atomic mass is 79.9. The summed E-state index contributed by atoms with van der Waals surface area (Å²) in [4.78, 5) is 16.8. The maximum absolute atomic E-state index is 12.2. The van der Waals surface area contributed by atoms with Crippen molar-refractivity contribution in [3.8, 4) is 11.4 Å². The van der Waals surface area contributed by atoms with Crippen molar-refractivity contribution in [1.29, 1.82) is 0 Å². The number of carbonyl (C=O) groups is 1. The first-order chi connectivity index (χ1) is 13.0. The van der Waals surface area contributed by atoms with Crippen LogP contribution in [-0.2, 0) is 4.79 Å². The van der Waals surface area contributed by atoms with Gasteiger partial charge in [0.05, 0.1) is 10.6 Å². The summed E-state index contributed by atoms with van der Waals surface area (Å²) in [5, 5.41) is 8.32. The predicted octanol–water partition coefficient (Wildman–Crippen LogP) is 4.14. The molecule has 3 N–H and O–H groups in total. The lowest BCUT2D eigenvalue weighted by Gasteiger charge is -2.27. The van der Waals surface area contributed by atoms with Crippen molar-refractivity contribution in [1.82, 2.24) is 14.8 Å². The van der Waals surface area contributed by atoms with Crippen molar-refractivity contribution < 1.29 is 4.79 Å². The third-order valence-electron chi connectivity index (χ3n) is 4.40. The van der Waals surface area contributed by atoms with Gasteiger partial charge in [-0.1, -0.05) is 51.8 Å². The molecule has 0 bridgehead atoms. The molecule has 4 rings (SSSR count). The normalized spacial score (nSPS) is 16.0. The molecule has 8 heteroatoms. The minimum Gasteiger partial charge on any atom is -0.366 e. The number of hydrogen-bond acceptors (Lipinski definition) is 4. The van der Waals surface area contributed by atoms with E-state index in [4.69, 9.17) is 17.3 Å². The van der Waals surface area contributed by atoms with E-state index in [2.05, 4.69) is 31.3 Å². The van der Waals surface area contributed by atoms with E-state index in [1.165, 1.54) is 0 Å². The minimum absolute atomic E-state index is 0.441. The van der Waals surface area contributed by atoms with Gasteiger partial charge < -0.3 is 11.1 Å². The van der Waals surface area contributed by atoms with Crippen LogP contribution in [0.2, 0.25) is 5.02 Å². The molecule has 0 aliphatic carbocycles. The van der Waals surface area contributed by atoms with E-state index in [-0.39, 0.29) is 0 Å². The van der Waals surface area contributed by atoms with Gasteiger partial charge in [-0.2, -0.15) is 4.98 Å². The SMILES string of the molecule is CC1=C(C(N)=O)C(c2cccc(Br)c2)n2nc(-c3ccccc3Cl)nc2N1. The number of primary amides is 1. The monoisotopic (exact) mass is 443 g/mol. The predicted molar refractivity (Wildman–Crippen MR) is 108 cm³/mol. The summed E-state index contributed by atoms with van der Waals surface area (Å²) in [5.41, 5.74) is 8.37. The van der Waals surface area contributed by atoms with Crippen LogP contribution in [0.25, 0.3) is 11.4 Å². The summed E-state index contributed by atoms with van der Waals surface area (Å²) >= 11 is 9.79. The number of aromatic nitrogens is 3. The molecule has 1 amide bonds. The van der Waals surface area contributed by atoms with E-state index in [0.717, 1.165) is 10.0 Å². The average molecular weight is 445 g/mol. The average Bonchev–Trinajstić information content (AvgIpc) is 3.03. The Bertz CT molecular complexity index is 1090. The van der Waals surface area contributed by atoms with Gasteiger partial charge in [0.2, 0.25) is 11.9 Å².